The Morgan fingerprint density at radius 1 is 1.29 bits per heavy atom. The Labute approximate surface area is 133 Å². The van der Waals surface area contributed by atoms with Crippen LogP contribution in [-0.2, 0) is 6.54 Å². The number of hydrogen-bond donors (Lipinski definition) is 2. The molecule has 0 unspecified atom stereocenters. The number of carbonyl (C=O) groups excluding carboxylic acids is 1. The number of halogens is 1. The third kappa shape index (κ3) is 5.56. The second-order valence-corrected chi connectivity index (χ2v) is 5.32. The van der Waals surface area contributed by atoms with Crippen LogP contribution in [0.2, 0.25) is 0 Å². The van der Waals surface area contributed by atoms with Crippen molar-refractivity contribution in [3.05, 3.63) is 35.9 Å². The number of amides is 2. The van der Waals surface area contributed by atoms with Gasteiger partial charge < -0.3 is 15.5 Å². The first-order valence-electron chi connectivity index (χ1n) is 7.60. The molecule has 1 fully saturated rings. The van der Waals surface area contributed by atoms with Crippen LogP contribution in [0.15, 0.2) is 30.3 Å². The summed E-state index contributed by atoms with van der Waals surface area (Å²) in [5.74, 6) is 0. The van der Waals surface area contributed by atoms with Crippen molar-refractivity contribution in [2.45, 2.75) is 38.8 Å². The third-order valence-electron chi connectivity index (χ3n) is 3.76. The Morgan fingerprint density at radius 2 is 1.95 bits per heavy atom. The van der Waals surface area contributed by atoms with E-state index in [-0.39, 0.29) is 18.4 Å². The maximum atomic E-state index is 12.4. The molecule has 0 spiro atoms. The SMILES string of the molecule is CCCN(C(=O)NCc1ccccc1)C1CCNCC1.Cl. The van der Waals surface area contributed by atoms with Crippen LogP contribution < -0.4 is 10.6 Å². The highest BCUT2D eigenvalue weighted by Gasteiger charge is 2.24. The van der Waals surface area contributed by atoms with Crippen molar-refractivity contribution in [2.24, 2.45) is 0 Å². The number of carbonyl (C=O) groups is 1. The van der Waals surface area contributed by atoms with Gasteiger partial charge in [0.15, 0.2) is 0 Å². The van der Waals surface area contributed by atoms with Gasteiger partial charge in [0.2, 0.25) is 0 Å². The van der Waals surface area contributed by atoms with E-state index >= 15 is 0 Å². The molecule has 1 aromatic rings. The standard InChI is InChI=1S/C16H25N3O.ClH/c1-2-12-19(15-8-10-17-11-9-15)16(20)18-13-14-6-4-3-5-7-14;/h3-7,15,17H,2,8-13H2,1H3,(H,18,20);1H. The molecule has 1 heterocycles. The molecule has 2 amide bonds. The summed E-state index contributed by atoms with van der Waals surface area (Å²) in [6, 6.07) is 10.5. The number of urea groups is 1. The highest BCUT2D eigenvalue weighted by molar-refractivity contribution is 5.85. The van der Waals surface area contributed by atoms with Gasteiger partial charge in [0.1, 0.15) is 0 Å². The molecular formula is C16H26ClN3O. The first kappa shape index (κ1) is 17.8. The van der Waals surface area contributed by atoms with E-state index in [2.05, 4.69) is 17.6 Å². The zero-order chi connectivity index (χ0) is 14.2. The molecule has 0 aromatic heterocycles. The van der Waals surface area contributed by atoms with E-state index in [4.69, 9.17) is 0 Å². The van der Waals surface area contributed by atoms with Crippen LogP contribution in [0, 0.1) is 0 Å². The minimum Gasteiger partial charge on any atom is -0.334 e. The first-order valence-corrected chi connectivity index (χ1v) is 7.60. The lowest BCUT2D eigenvalue weighted by molar-refractivity contribution is 0.158. The van der Waals surface area contributed by atoms with Crippen molar-refractivity contribution >= 4 is 18.4 Å². The number of rotatable bonds is 5. The second kappa shape index (κ2) is 9.64. The zero-order valence-electron chi connectivity index (χ0n) is 12.7. The fourth-order valence-corrected chi connectivity index (χ4v) is 2.68. The summed E-state index contributed by atoms with van der Waals surface area (Å²) in [5.41, 5.74) is 1.14. The first-order chi connectivity index (χ1) is 9.81. The van der Waals surface area contributed by atoms with Crippen molar-refractivity contribution in [3.63, 3.8) is 0 Å². The van der Waals surface area contributed by atoms with Crippen molar-refractivity contribution in [1.82, 2.24) is 15.5 Å². The van der Waals surface area contributed by atoms with Gasteiger partial charge in [0.25, 0.3) is 0 Å². The summed E-state index contributed by atoms with van der Waals surface area (Å²) in [7, 11) is 0. The van der Waals surface area contributed by atoms with Crippen LogP contribution in [-0.4, -0.2) is 36.6 Å². The lowest BCUT2D eigenvalue weighted by Gasteiger charge is -2.34. The summed E-state index contributed by atoms with van der Waals surface area (Å²) in [5, 5.41) is 6.40. The van der Waals surface area contributed by atoms with E-state index < -0.39 is 0 Å². The fraction of sp³-hybridized carbons (Fsp3) is 0.562. The Bertz CT molecular complexity index is 407. The van der Waals surface area contributed by atoms with Crippen molar-refractivity contribution < 1.29 is 4.79 Å². The van der Waals surface area contributed by atoms with Gasteiger partial charge in [-0.1, -0.05) is 37.3 Å². The second-order valence-electron chi connectivity index (χ2n) is 5.32. The minimum atomic E-state index is 0. The molecule has 21 heavy (non-hydrogen) atoms. The van der Waals surface area contributed by atoms with Crippen LogP contribution in [0.1, 0.15) is 31.7 Å². The Hall–Kier alpha value is -1.26. The van der Waals surface area contributed by atoms with E-state index in [1.54, 1.807) is 0 Å². The lowest BCUT2D eigenvalue weighted by atomic mass is 10.0. The van der Waals surface area contributed by atoms with Gasteiger partial charge in [0, 0.05) is 19.1 Å². The van der Waals surface area contributed by atoms with E-state index in [1.165, 1.54) is 0 Å². The molecule has 1 aliphatic rings. The third-order valence-corrected chi connectivity index (χ3v) is 3.76. The normalized spacial score (nSPS) is 15.1. The molecule has 0 bridgehead atoms. The van der Waals surface area contributed by atoms with Crippen LogP contribution in [0.4, 0.5) is 4.79 Å². The summed E-state index contributed by atoms with van der Waals surface area (Å²) in [4.78, 5) is 14.4. The van der Waals surface area contributed by atoms with Gasteiger partial charge in [-0.25, -0.2) is 4.79 Å². The Kier molecular flexibility index (Phi) is 8.16. The quantitative estimate of drug-likeness (QED) is 0.878. The predicted molar refractivity (Wildman–Crippen MR) is 88.8 cm³/mol. The summed E-state index contributed by atoms with van der Waals surface area (Å²) in [6.45, 7) is 5.59. The lowest BCUT2D eigenvalue weighted by Crippen LogP contribution is -2.50. The maximum absolute atomic E-state index is 12.4. The summed E-state index contributed by atoms with van der Waals surface area (Å²) < 4.78 is 0. The number of piperidine rings is 1. The highest BCUT2D eigenvalue weighted by atomic mass is 35.5. The molecule has 1 saturated heterocycles. The van der Waals surface area contributed by atoms with Gasteiger partial charge in [-0.3, -0.25) is 0 Å². The topological polar surface area (TPSA) is 44.4 Å². The highest BCUT2D eigenvalue weighted by Crippen LogP contribution is 2.13. The average Bonchev–Trinajstić information content (AvgIpc) is 2.52. The molecule has 2 N–H and O–H groups in total. The van der Waals surface area contributed by atoms with Crippen LogP contribution in [0.5, 0.6) is 0 Å². The van der Waals surface area contributed by atoms with Crippen LogP contribution in [0.25, 0.3) is 0 Å². The largest absolute Gasteiger partial charge is 0.334 e. The summed E-state index contributed by atoms with van der Waals surface area (Å²) >= 11 is 0. The monoisotopic (exact) mass is 311 g/mol. The van der Waals surface area contributed by atoms with E-state index in [1.807, 2.05) is 35.2 Å². The predicted octanol–water partition coefficient (Wildman–Crippen LogP) is 2.78. The van der Waals surface area contributed by atoms with E-state index in [0.717, 1.165) is 44.5 Å². The maximum Gasteiger partial charge on any atom is 0.317 e. The van der Waals surface area contributed by atoms with Gasteiger partial charge in [0.05, 0.1) is 0 Å². The van der Waals surface area contributed by atoms with Gasteiger partial charge >= 0.3 is 6.03 Å². The van der Waals surface area contributed by atoms with Crippen LogP contribution in [0.3, 0.4) is 0 Å². The minimum absolute atomic E-state index is 0. The van der Waals surface area contributed by atoms with Crippen molar-refractivity contribution in [3.8, 4) is 0 Å². The summed E-state index contributed by atoms with van der Waals surface area (Å²) in [6.07, 6.45) is 3.11. The van der Waals surface area contributed by atoms with Crippen LogP contribution >= 0.6 is 12.4 Å². The molecule has 1 aromatic carbocycles. The molecule has 1 aliphatic heterocycles. The zero-order valence-corrected chi connectivity index (χ0v) is 13.5. The molecule has 4 nitrogen and oxygen atoms in total. The number of nitrogens with one attached hydrogen (secondary N) is 2. The van der Waals surface area contributed by atoms with E-state index in [0.29, 0.717) is 12.6 Å². The molecule has 0 aliphatic carbocycles. The number of nitrogens with zero attached hydrogens (tertiary/aromatic N) is 1. The van der Waals surface area contributed by atoms with Gasteiger partial charge in [-0.15, -0.1) is 12.4 Å². The molecular weight excluding hydrogens is 286 g/mol. The van der Waals surface area contributed by atoms with Gasteiger partial charge in [-0.2, -0.15) is 0 Å². The molecule has 0 atom stereocenters. The fourth-order valence-electron chi connectivity index (χ4n) is 2.68. The molecule has 5 heteroatoms. The molecule has 0 radical (unpaired) electrons. The van der Waals surface area contributed by atoms with Crippen molar-refractivity contribution in [1.29, 1.82) is 0 Å². The number of benzene rings is 1. The molecule has 118 valence electrons. The Balaban J connectivity index is 0.00000220. The van der Waals surface area contributed by atoms with Crippen molar-refractivity contribution in [2.75, 3.05) is 19.6 Å². The Morgan fingerprint density at radius 3 is 2.57 bits per heavy atom. The number of hydrogen-bond acceptors (Lipinski definition) is 2. The molecule has 2 rings (SSSR count). The van der Waals surface area contributed by atoms with Gasteiger partial charge in [-0.05, 0) is 37.9 Å². The molecule has 0 saturated carbocycles. The van der Waals surface area contributed by atoms with E-state index in [9.17, 15) is 4.79 Å². The average molecular weight is 312 g/mol. The smallest absolute Gasteiger partial charge is 0.317 e.